The van der Waals surface area contributed by atoms with Crippen LogP contribution < -0.4 is 5.32 Å². The van der Waals surface area contributed by atoms with Crippen molar-refractivity contribution in [3.05, 3.63) is 64.9 Å². The lowest BCUT2D eigenvalue weighted by molar-refractivity contribution is 0.0930. The Morgan fingerprint density at radius 1 is 1.23 bits per heavy atom. The number of nitrogens with one attached hydrogen (secondary N) is 1. The first kappa shape index (κ1) is 16.5. The van der Waals surface area contributed by atoms with Gasteiger partial charge < -0.3 is 10.2 Å². The van der Waals surface area contributed by atoms with Crippen LogP contribution in [-0.4, -0.2) is 42.5 Å². The molecule has 2 aromatic rings. The summed E-state index contributed by atoms with van der Waals surface area (Å²) in [5.74, 6) is -0.194. The fourth-order valence-corrected chi connectivity index (χ4v) is 2.52. The first-order valence-electron chi connectivity index (χ1n) is 7.16. The molecule has 1 aromatic heterocycles. The maximum atomic E-state index is 12.4. The van der Waals surface area contributed by atoms with Gasteiger partial charge in [-0.3, -0.25) is 4.79 Å². The van der Waals surface area contributed by atoms with Crippen LogP contribution in [0, 0.1) is 0 Å². The molecule has 4 nitrogen and oxygen atoms in total. The number of carbonyl (C=O) groups excluding carboxylic acids is 1. The number of halogens is 1. The third kappa shape index (κ3) is 4.83. The summed E-state index contributed by atoms with van der Waals surface area (Å²) in [5.41, 5.74) is 1.59. The Balaban J connectivity index is 2.09. The highest BCUT2D eigenvalue weighted by Gasteiger charge is 2.17. The van der Waals surface area contributed by atoms with E-state index in [1.807, 2.05) is 32.3 Å². The number of hydrogen-bond acceptors (Lipinski definition) is 3. The first-order chi connectivity index (χ1) is 10.6. The molecule has 116 valence electrons. The molecule has 0 radical (unpaired) electrons. The van der Waals surface area contributed by atoms with Crippen LogP contribution in [0.1, 0.15) is 15.9 Å². The lowest BCUT2D eigenvalue weighted by Crippen LogP contribution is -2.43. The number of rotatable bonds is 6. The third-order valence-electron chi connectivity index (χ3n) is 3.25. The highest BCUT2D eigenvalue weighted by atomic mass is 35.5. The van der Waals surface area contributed by atoms with E-state index < -0.39 is 0 Å². The summed E-state index contributed by atoms with van der Waals surface area (Å²) in [4.78, 5) is 18.4. The second-order valence-electron chi connectivity index (χ2n) is 5.46. The Labute approximate surface area is 136 Å². The number of likely N-dealkylation sites (N-methyl/N-ethyl adjacent to an activating group) is 1. The maximum Gasteiger partial charge on any atom is 0.254 e. The standard InChI is InChI=1S/C17H20ClN3O/c1-21(2)12-14(11-13-7-4-3-5-8-13)20-17(22)15-9-6-10-19-16(15)18/h3-10,14H,11-12H2,1-2H3,(H,20,22)/t14-/m1/s1. The van der Waals surface area contributed by atoms with Crippen LogP contribution in [-0.2, 0) is 6.42 Å². The fraction of sp³-hybridized carbons (Fsp3) is 0.294. The minimum absolute atomic E-state index is 0.00109. The van der Waals surface area contributed by atoms with Gasteiger partial charge in [0, 0.05) is 18.8 Å². The number of benzene rings is 1. The zero-order valence-electron chi connectivity index (χ0n) is 12.8. The molecular formula is C17H20ClN3O. The molecule has 1 aromatic carbocycles. The largest absolute Gasteiger partial charge is 0.348 e. The molecule has 0 aliphatic heterocycles. The minimum Gasteiger partial charge on any atom is -0.348 e. The van der Waals surface area contributed by atoms with Crippen LogP contribution in [0.2, 0.25) is 5.15 Å². The third-order valence-corrected chi connectivity index (χ3v) is 3.55. The minimum atomic E-state index is -0.194. The van der Waals surface area contributed by atoms with E-state index >= 15 is 0 Å². The molecule has 1 amide bonds. The van der Waals surface area contributed by atoms with E-state index in [2.05, 4.69) is 27.3 Å². The van der Waals surface area contributed by atoms with Crippen molar-refractivity contribution in [2.45, 2.75) is 12.5 Å². The van der Waals surface area contributed by atoms with Crippen molar-refractivity contribution in [1.82, 2.24) is 15.2 Å². The van der Waals surface area contributed by atoms with Crippen LogP contribution >= 0.6 is 11.6 Å². The molecule has 0 spiro atoms. The smallest absolute Gasteiger partial charge is 0.254 e. The van der Waals surface area contributed by atoms with Gasteiger partial charge in [0.05, 0.1) is 5.56 Å². The summed E-state index contributed by atoms with van der Waals surface area (Å²) in [7, 11) is 3.97. The molecule has 2 rings (SSSR count). The van der Waals surface area contributed by atoms with Crippen molar-refractivity contribution < 1.29 is 4.79 Å². The molecular weight excluding hydrogens is 298 g/mol. The number of nitrogens with zero attached hydrogens (tertiary/aromatic N) is 2. The molecule has 0 bridgehead atoms. The topological polar surface area (TPSA) is 45.2 Å². The average Bonchev–Trinajstić information content (AvgIpc) is 2.48. The molecule has 5 heteroatoms. The van der Waals surface area contributed by atoms with E-state index in [1.165, 1.54) is 5.56 Å². The van der Waals surface area contributed by atoms with Crippen LogP contribution in [0.25, 0.3) is 0 Å². The van der Waals surface area contributed by atoms with Gasteiger partial charge in [-0.2, -0.15) is 0 Å². The summed E-state index contributed by atoms with van der Waals surface area (Å²) in [6.45, 7) is 0.749. The van der Waals surface area contributed by atoms with Crippen LogP contribution in [0.5, 0.6) is 0 Å². The van der Waals surface area contributed by atoms with Gasteiger partial charge in [0.25, 0.3) is 5.91 Å². The van der Waals surface area contributed by atoms with Gasteiger partial charge in [-0.1, -0.05) is 41.9 Å². The first-order valence-corrected chi connectivity index (χ1v) is 7.54. The highest BCUT2D eigenvalue weighted by molar-refractivity contribution is 6.32. The number of hydrogen-bond donors (Lipinski definition) is 1. The quantitative estimate of drug-likeness (QED) is 0.833. The summed E-state index contributed by atoms with van der Waals surface area (Å²) in [5, 5.41) is 3.27. The second kappa shape index (κ2) is 7.92. The zero-order valence-corrected chi connectivity index (χ0v) is 13.5. The molecule has 0 saturated carbocycles. The van der Waals surface area contributed by atoms with Crippen LogP contribution in [0.15, 0.2) is 48.7 Å². The van der Waals surface area contributed by atoms with Gasteiger partial charge in [-0.15, -0.1) is 0 Å². The van der Waals surface area contributed by atoms with Gasteiger partial charge in [0.15, 0.2) is 0 Å². The summed E-state index contributed by atoms with van der Waals surface area (Å²) in [6.07, 6.45) is 2.34. The molecule has 1 heterocycles. The van der Waals surface area contributed by atoms with Crippen LogP contribution in [0.3, 0.4) is 0 Å². The highest BCUT2D eigenvalue weighted by Crippen LogP contribution is 2.12. The van der Waals surface area contributed by atoms with Gasteiger partial charge in [-0.05, 0) is 38.2 Å². The molecule has 1 N–H and O–H groups in total. The molecule has 0 aliphatic rings. The molecule has 1 atom stereocenters. The Bertz CT molecular complexity index is 616. The van der Waals surface area contributed by atoms with Crippen LogP contribution in [0.4, 0.5) is 0 Å². The van der Waals surface area contributed by atoms with Crippen molar-refractivity contribution in [2.75, 3.05) is 20.6 Å². The van der Waals surface area contributed by atoms with E-state index in [-0.39, 0.29) is 17.1 Å². The van der Waals surface area contributed by atoms with Gasteiger partial charge in [-0.25, -0.2) is 4.98 Å². The lowest BCUT2D eigenvalue weighted by Gasteiger charge is -2.22. The van der Waals surface area contributed by atoms with Crippen molar-refractivity contribution in [3.8, 4) is 0 Å². The van der Waals surface area contributed by atoms with E-state index in [9.17, 15) is 4.79 Å². The van der Waals surface area contributed by atoms with Gasteiger partial charge in [0.2, 0.25) is 0 Å². The SMILES string of the molecule is CN(C)C[C@@H](Cc1ccccc1)NC(=O)c1cccnc1Cl. The molecule has 0 unspecified atom stereocenters. The van der Waals surface area contributed by atoms with Crippen molar-refractivity contribution >= 4 is 17.5 Å². The summed E-state index contributed by atoms with van der Waals surface area (Å²) >= 11 is 5.99. The van der Waals surface area contributed by atoms with E-state index in [0.29, 0.717) is 5.56 Å². The Morgan fingerprint density at radius 2 is 1.95 bits per heavy atom. The van der Waals surface area contributed by atoms with E-state index in [1.54, 1.807) is 18.3 Å². The predicted octanol–water partition coefficient (Wildman–Crippen LogP) is 2.64. The monoisotopic (exact) mass is 317 g/mol. The van der Waals surface area contributed by atoms with Gasteiger partial charge in [0.1, 0.15) is 5.15 Å². The van der Waals surface area contributed by atoms with Crippen molar-refractivity contribution in [2.24, 2.45) is 0 Å². The van der Waals surface area contributed by atoms with E-state index in [0.717, 1.165) is 13.0 Å². The second-order valence-corrected chi connectivity index (χ2v) is 5.82. The van der Waals surface area contributed by atoms with Crippen molar-refractivity contribution in [3.63, 3.8) is 0 Å². The number of pyridine rings is 1. The normalized spacial score (nSPS) is 12.2. The Hall–Kier alpha value is -1.91. The fourth-order valence-electron chi connectivity index (χ4n) is 2.32. The maximum absolute atomic E-state index is 12.4. The van der Waals surface area contributed by atoms with Gasteiger partial charge >= 0.3 is 0 Å². The predicted molar refractivity (Wildman–Crippen MR) is 89.2 cm³/mol. The Morgan fingerprint density at radius 3 is 2.59 bits per heavy atom. The number of carbonyl (C=O) groups is 1. The molecule has 0 saturated heterocycles. The van der Waals surface area contributed by atoms with E-state index in [4.69, 9.17) is 11.6 Å². The zero-order chi connectivity index (χ0) is 15.9. The molecule has 22 heavy (non-hydrogen) atoms. The lowest BCUT2D eigenvalue weighted by atomic mass is 10.1. The average molecular weight is 318 g/mol. The Kier molecular flexibility index (Phi) is 5.92. The molecule has 0 fully saturated rings. The summed E-state index contributed by atoms with van der Waals surface area (Å²) < 4.78 is 0. The van der Waals surface area contributed by atoms with Crippen molar-refractivity contribution in [1.29, 1.82) is 0 Å². The summed E-state index contributed by atoms with van der Waals surface area (Å²) in [6, 6.07) is 13.5. The number of amides is 1. The molecule has 0 aliphatic carbocycles. The number of aromatic nitrogens is 1.